The van der Waals surface area contributed by atoms with Gasteiger partial charge in [0.1, 0.15) is 5.02 Å². The summed E-state index contributed by atoms with van der Waals surface area (Å²) in [5.41, 5.74) is 7.14. The quantitative estimate of drug-likeness (QED) is 0.283. The lowest BCUT2D eigenvalue weighted by Gasteiger charge is -2.42. The van der Waals surface area contributed by atoms with Crippen molar-refractivity contribution in [2.45, 2.75) is 51.6 Å². The van der Waals surface area contributed by atoms with Crippen LogP contribution in [0.4, 0.5) is 34.5 Å². The summed E-state index contributed by atoms with van der Waals surface area (Å²) in [4.78, 5) is 17.0. The van der Waals surface area contributed by atoms with Gasteiger partial charge in [-0.3, -0.25) is 4.90 Å². The number of piperidine rings is 1. The molecule has 1 unspecified atom stereocenters. The number of rotatable bonds is 8. The van der Waals surface area contributed by atoms with Crippen LogP contribution in [0.5, 0.6) is 0 Å². The molecule has 0 aliphatic carbocycles. The first-order valence-electron chi connectivity index (χ1n) is 15.3. The molecule has 224 valence electrons. The Hall–Kier alpha value is -2.72. The molecule has 3 aromatic rings. The number of hydrogen-bond donors (Lipinski definition) is 2. The maximum Gasteiger partial charge on any atom is 0.229 e. The molecule has 2 saturated heterocycles. The number of fused-ring (bicyclic) bond motifs is 1. The summed E-state index contributed by atoms with van der Waals surface area (Å²) >= 11 is 8.33. The number of hydrogen-bond acceptors (Lipinski definition) is 9. The molecule has 2 N–H and O–H groups in total. The number of piperazine rings is 1. The number of aromatic nitrogens is 2. The first-order chi connectivity index (χ1) is 20.4. The van der Waals surface area contributed by atoms with E-state index in [-0.39, 0.29) is 0 Å². The molecule has 0 saturated carbocycles. The van der Waals surface area contributed by atoms with Crippen molar-refractivity contribution < 1.29 is 0 Å². The van der Waals surface area contributed by atoms with E-state index >= 15 is 0 Å². The number of para-hydroxylation sites is 1. The third-order valence-corrected chi connectivity index (χ3v) is 10.3. The van der Waals surface area contributed by atoms with Gasteiger partial charge in [0.15, 0.2) is 5.82 Å². The Morgan fingerprint density at radius 3 is 2.52 bits per heavy atom. The van der Waals surface area contributed by atoms with Crippen molar-refractivity contribution >= 4 is 58.1 Å². The lowest BCUT2D eigenvalue weighted by molar-refractivity contribution is 0.0982. The lowest BCUT2D eigenvalue weighted by Crippen LogP contribution is -2.52. The summed E-state index contributed by atoms with van der Waals surface area (Å²) in [5.74, 6) is 1.13. The molecule has 0 spiro atoms. The third-order valence-electron chi connectivity index (χ3n) is 9.05. The van der Waals surface area contributed by atoms with Crippen molar-refractivity contribution in [1.29, 1.82) is 0 Å². The van der Waals surface area contributed by atoms with Crippen LogP contribution in [0.25, 0.3) is 0 Å². The SMILES string of the molecule is CCc1cc(N2CCC(N3CCN(C)CC3)CC2)ccc1Nc1ncc(Cl)c(Nc2cccc3c2N(SC)C(C)C3)n1. The minimum absolute atomic E-state index is 0.440. The summed E-state index contributed by atoms with van der Waals surface area (Å²) in [6.45, 7) is 11.5. The van der Waals surface area contributed by atoms with Gasteiger partial charge < -0.3 is 24.7 Å². The van der Waals surface area contributed by atoms with Gasteiger partial charge in [-0.05, 0) is 75.0 Å². The zero-order valence-corrected chi connectivity index (χ0v) is 26.8. The van der Waals surface area contributed by atoms with E-state index < -0.39 is 0 Å². The Bertz CT molecular complexity index is 1390. The van der Waals surface area contributed by atoms with E-state index in [1.807, 2.05) is 0 Å². The number of aryl methyl sites for hydroxylation is 1. The van der Waals surface area contributed by atoms with Crippen LogP contribution in [0.1, 0.15) is 37.8 Å². The van der Waals surface area contributed by atoms with Gasteiger partial charge >= 0.3 is 0 Å². The van der Waals surface area contributed by atoms with Crippen LogP contribution in [0.3, 0.4) is 0 Å². The van der Waals surface area contributed by atoms with Crippen LogP contribution in [0.15, 0.2) is 42.6 Å². The molecule has 10 heteroatoms. The summed E-state index contributed by atoms with van der Waals surface area (Å²) < 4.78 is 2.36. The van der Waals surface area contributed by atoms with E-state index in [1.165, 1.54) is 61.5 Å². The zero-order chi connectivity index (χ0) is 29.2. The second-order valence-corrected chi connectivity index (χ2v) is 12.9. The Kier molecular flexibility index (Phi) is 9.00. The van der Waals surface area contributed by atoms with Crippen LogP contribution in [0, 0.1) is 0 Å². The lowest BCUT2D eigenvalue weighted by atomic mass is 10.0. The summed E-state index contributed by atoms with van der Waals surface area (Å²) in [6.07, 6.45) is 8.21. The number of likely N-dealkylation sites (N-methyl/N-ethyl adjacent to an activating group) is 1. The minimum atomic E-state index is 0.440. The van der Waals surface area contributed by atoms with Gasteiger partial charge in [-0.15, -0.1) is 0 Å². The highest BCUT2D eigenvalue weighted by molar-refractivity contribution is 8.00. The first kappa shape index (κ1) is 29.4. The van der Waals surface area contributed by atoms with Gasteiger partial charge in [0.25, 0.3) is 0 Å². The van der Waals surface area contributed by atoms with E-state index in [0.29, 0.717) is 22.8 Å². The second-order valence-electron chi connectivity index (χ2n) is 11.8. The smallest absolute Gasteiger partial charge is 0.229 e. The molecule has 2 aromatic carbocycles. The van der Waals surface area contributed by atoms with Gasteiger partial charge in [0, 0.05) is 69.0 Å². The molecule has 1 aromatic heterocycles. The number of halogens is 1. The number of nitrogens with one attached hydrogen (secondary N) is 2. The first-order valence-corrected chi connectivity index (χ1v) is 16.8. The maximum atomic E-state index is 6.59. The average Bonchev–Trinajstić information content (AvgIpc) is 3.35. The fourth-order valence-electron chi connectivity index (χ4n) is 6.64. The van der Waals surface area contributed by atoms with E-state index in [1.54, 1.807) is 18.1 Å². The highest BCUT2D eigenvalue weighted by atomic mass is 35.5. The Morgan fingerprint density at radius 1 is 1.00 bits per heavy atom. The van der Waals surface area contributed by atoms with E-state index in [9.17, 15) is 0 Å². The number of anilines is 6. The molecule has 3 aliphatic heterocycles. The zero-order valence-electron chi connectivity index (χ0n) is 25.2. The van der Waals surface area contributed by atoms with Gasteiger partial charge in [-0.25, -0.2) is 4.98 Å². The highest BCUT2D eigenvalue weighted by Crippen LogP contribution is 2.43. The summed E-state index contributed by atoms with van der Waals surface area (Å²) in [7, 11) is 2.23. The minimum Gasteiger partial charge on any atom is -0.371 e. The molecule has 8 nitrogen and oxygen atoms in total. The van der Waals surface area contributed by atoms with E-state index in [4.69, 9.17) is 16.6 Å². The van der Waals surface area contributed by atoms with E-state index in [2.05, 4.69) is 98.2 Å². The third kappa shape index (κ3) is 6.16. The molecule has 6 rings (SSSR count). The van der Waals surface area contributed by atoms with Crippen LogP contribution in [0.2, 0.25) is 5.02 Å². The van der Waals surface area contributed by atoms with Crippen LogP contribution >= 0.6 is 23.5 Å². The monoisotopic (exact) mass is 606 g/mol. The van der Waals surface area contributed by atoms with Crippen molar-refractivity contribution in [2.24, 2.45) is 0 Å². The number of nitrogens with zero attached hydrogens (tertiary/aromatic N) is 6. The molecule has 0 amide bonds. The topological polar surface area (TPSA) is 62.8 Å². The van der Waals surface area contributed by atoms with Crippen molar-refractivity contribution in [3.63, 3.8) is 0 Å². The molecule has 42 heavy (non-hydrogen) atoms. The molecular formula is C32H43ClN8S. The molecule has 4 heterocycles. The highest BCUT2D eigenvalue weighted by Gasteiger charge is 2.29. The van der Waals surface area contributed by atoms with Gasteiger partial charge in [-0.2, -0.15) is 4.98 Å². The van der Waals surface area contributed by atoms with Crippen LogP contribution in [-0.2, 0) is 12.8 Å². The summed E-state index contributed by atoms with van der Waals surface area (Å²) in [6, 6.07) is 14.3. The fraction of sp³-hybridized carbons (Fsp3) is 0.500. The van der Waals surface area contributed by atoms with Crippen molar-refractivity contribution in [3.8, 4) is 0 Å². The van der Waals surface area contributed by atoms with Crippen molar-refractivity contribution in [1.82, 2.24) is 19.8 Å². The second kappa shape index (κ2) is 12.9. The van der Waals surface area contributed by atoms with Gasteiger partial charge in [0.05, 0.1) is 17.6 Å². The normalized spacial score (nSPS) is 20.2. The molecule has 2 fully saturated rings. The average molecular weight is 607 g/mol. The van der Waals surface area contributed by atoms with Crippen molar-refractivity contribution in [2.75, 3.05) is 72.4 Å². The molecule has 1 atom stereocenters. The maximum absolute atomic E-state index is 6.59. The predicted molar refractivity (Wildman–Crippen MR) is 179 cm³/mol. The molecule has 0 bridgehead atoms. The standard InChI is InChI=1S/C32H43ClN8S/c1-5-23-20-26(39-13-11-25(12-14-39)40-17-15-38(3)16-18-40)9-10-28(23)36-32-34-21-27(33)31(37-32)35-29-8-6-7-24-19-22(2)41(42-4)30(24)29/h6-10,20-22,25H,5,11-19H2,1-4H3,(H2,34,35,36,37). The predicted octanol–water partition coefficient (Wildman–Crippen LogP) is 6.42. The van der Waals surface area contributed by atoms with E-state index in [0.717, 1.165) is 43.3 Å². The Balaban J connectivity index is 1.14. The molecule has 3 aliphatic rings. The molecule has 0 radical (unpaired) electrons. The van der Waals surface area contributed by atoms with Crippen molar-refractivity contribution in [3.05, 3.63) is 58.7 Å². The van der Waals surface area contributed by atoms with Crippen LogP contribution in [-0.4, -0.2) is 84.4 Å². The van der Waals surface area contributed by atoms with Crippen LogP contribution < -0.4 is 19.8 Å². The largest absolute Gasteiger partial charge is 0.371 e. The fourth-order valence-corrected chi connectivity index (χ4v) is 7.61. The summed E-state index contributed by atoms with van der Waals surface area (Å²) in [5, 5.41) is 7.47. The Morgan fingerprint density at radius 2 is 1.79 bits per heavy atom. The van der Waals surface area contributed by atoms with Gasteiger partial charge in [0.2, 0.25) is 5.95 Å². The Labute approximate surface area is 260 Å². The number of benzene rings is 2. The van der Waals surface area contributed by atoms with Gasteiger partial charge in [-0.1, -0.05) is 42.6 Å². The molecular weight excluding hydrogens is 564 g/mol.